The topological polar surface area (TPSA) is 29.3 Å². The van der Waals surface area contributed by atoms with Crippen LogP contribution in [0.3, 0.4) is 0 Å². The third-order valence-electron chi connectivity index (χ3n) is 3.04. The van der Waals surface area contributed by atoms with Crippen molar-refractivity contribution in [2.75, 3.05) is 20.6 Å². The van der Waals surface area contributed by atoms with Crippen LogP contribution in [0, 0.1) is 5.92 Å². The van der Waals surface area contributed by atoms with E-state index in [1.54, 1.807) is 0 Å². The van der Waals surface area contributed by atoms with Gasteiger partial charge in [-0.25, -0.2) is 0 Å². The Morgan fingerprint density at radius 3 is 2.19 bits per heavy atom. The second-order valence-corrected chi connectivity index (χ2v) is 4.80. The molecule has 0 saturated heterocycles. The molecule has 0 saturated carbocycles. The Morgan fingerprint density at radius 1 is 1.25 bits per heavy atom. The fraction of sp³-hybridized carbons (Fsp3) is 0.538. The third-order valence-corrected chi connectivity index (χ3v) is 3.29. The summed E-state index contributed by atoms with van der Waals surface area (Å²) in [6.45, 7) is 2.89. The Balaban J connectivity index is 2.97. The van der Waals surface area contributed by atoms with Crippen molar-refractivity contribution in [3.63, 3.8) is 0 Å². The molecule has 0 aliphatic carbocycles. The first-order valence-electron chi connectivity index (χ1n) is 5.72. The molecule has 0 fully saturated rings. The van der Waals surface area contributed by atoms with Crippen LogP contribution >= 0.6 is 11.6 Å². The maximum absolute atomic E-state index is 5.90. The van der Waals surface area contributed by atoms with Crippen LogP contribution in [0.15, 0.2) is 24.3 Å². The highest BCUT2D eigenvalue weighted by Gasteiger charge is 2.22. The summed E-state index contributed by atoms with van der Waals surface area (Å²) >= 11 is 5.90. The molecule has 2 atom stereocenters. The highest BCUT2D eigenvalue weighted by atomic mass is 35.5. The van der Waals surface area contributed by atoms with E-state index < -0.39 is 0 Å². The molecule has 0 aromatic heterocycles. The van der Waals surface area contributed by atoms with E-state index in [1.807, 2.05) is 12.1 Å². The van der Waals surface area contributed by atoms with Crippen molar-refractivity contribution >= 4 is 11.6 Å². The van der Waals surface area contributed by atoms with Crippen molar-refractivity contribution in [3.8, 4) is 0 Å². The van der Waals surface area contributed by atoms with Crippen LogP contribution in [0.4, 0.5) is 0 Å². The second-order valence-electron chi connectivity index (χ2n) is 4.36. The Labute approximate surface area is 103 Å². The van der Waals surface area contributed by atoms with Crippen LogP contribution in [0.25, 0.3) is 0 Å². The van der Waals surface area contributed by atoms with Crippen molar-refractivity contribution in [1.29, 1.82) is 0 Å². The summed E-state index contributed by atoms with van der Waals surface area (Å²) in [4.78, 5) is 2.23. The quantitative estimate of drug-likeness (QED) is 0.858. The molecule has 0 heterocycles. The van der Waals surface area contributed by atoms with Crippen molar-refractivity contribution in [3.05, 3.63) is 34.9 Å². The van der Waals surface area contributed by atoms with E-state index in [4.69, 9.17) is 17.3 Å². The first-order valence-corrected chi connectivity index (χ1v) is 6.09. The van der Waals surface area contributed by atoms with Crippen molar-refractivity contribution in [1.82, 2.24) is 4.90 Å². The molecule has 0 aliphatic rings. The van der Waals surface area contributed by atoms with E-state index in [1.165, 1.54) is 5.56 Å². The van der Waals surface area contributed by atoms with Crippen LogP contribution in [-0.4, -0.2) is 25.5 Å². The summed E-state index contributed by atoms with van der Waals surface area (Å²) in [5.41, 5.74) is 7.12. The highest BCUT2D eigenvalue weighted by molar-refractivity contribution is 6.30. The molecule has 0 bridgehead atoms. The molecule has 90 valence electrons. The van der Waals surface area contributed by atoms with Gasteiger partial charge < -0.3 is 10.6 Å². The number of nitrogens with two attached hydrogens (primary N) is 1. The molecule has 1 aromatic rings. The predicted molar refractivity (Wildman–Crippen MR) is 70.7 cm³/mol. The molecule has 2 nitrogen and oxygen atoms in total. The van der Waals surface area contributed by atoms with Gasteiger partial charge in [-0.2, -0.15) is 0 Å². The Kier molecular flexibility index (Phi) is 5.26. The molecular formula is C13H21ClN2. The molecule has 1 aromatic carbocycles. The van der Waals surface area contributed by atoms with Gasteiger partial charge in [0.15, 0.2) is 0 Å². The van der Waals surface area contributed by atoms with Gasteiger partial charge in [0.2, 0.25) is 0 Å². The van der Waals surface area contributed by atoms with Crippen molar-refractivity contribution in [2.45, 2.75) is 19.4 Å². The zero-order valence-corrected chi connectivity index (χ0v) is 11.0. The molecule has 0 spiro atoms. The number of halogens is 1. The molecule has 2 unspecified atom stereocenters. The van der Waals surface area contributed by atoms with Gasteiger partial charge in [0.1, 0.15) is 0 Å². The van der Waals surface area contributed by atoms with Crippen molar-refractivity contribution in [2.24, 2.45) is 11.7 Å². The van der Waals surface area contributed by atoms with E-state index in [0.29, 0.717) is 18.5 Å². The van der Waals surface area contributed by atoms with E-state index in [-0.39, 0.29) is 0 Å². The normalized spacial score (nSPS) is 15.1. The Morgan fingerprint density at radius 2 is 1.81 bits per heavy atom. The summed E-state index contributed by atoms with van der Waals surface area (Å²) in [6.07, 6.45) is 1.09. The van der Waals surface area contributed by atoms with Gasteiger partial charge in [-0.1, -0.05) is 37.1 Å². The third kappa shape index (κ3) is 3.21. The average Bonchev–Trinajstić information content (AvgIpc) is 2.27. The zero-order valence-electron chi connectivity index (χ0n) is 10.3. The van der Waals surface area contributed by atoms with E-state index in [2.05, 4.69) is 38.1 Å². The minimum absolute atomic E-state index is 0.368. The van der Waals surface area contributed by atoms with Crippen LogP contribution in [0.5, 0.6) is 0 Å². The summed E-state index contributed by atoms with van der Waals surface area (Å²) in [6, 6.07) is 8.43. The lowest BCUT2D eigenvalue weighted by Crippen LogP contribution is -2.31. The fourth-order valence-corrected chi connectivity index (χ4v) is 2.30. The van der Waals surface area contributed by atoms with Crippen molar-refractivity contribution < 1.29 is 0 Å². The van der Waals surface area contributed by atoms with Crippen LogP contribution in [-0.2, 0) is 0 Å². The summed E-state index contributed by atoms with van der Waals surface area (Å²) < 4.78 is 0. The molecule has 0 aliphatic heterocycles. The summed E-state index contributed by atoms with van der Waals surface area (Å²) in [5.74, 6) is 0.483. The maximum atomic E-state index is 5.90. The van der Waals surface area contributed by atoms with Gasteiger partial charge in [0, 0.05) is 11.1 Å². The molecule has 0 amide bonds. The van der Waals surface area contributed by atoms with Crippen LogP contribution < -0.4 is 5.73 Å². The lowest BCUT2D eigenvalue weighted by atomic mass is 9.90. The number of hydrogen-bond donors (Lipinski definition) is 1. The molecule has 1 rings (SSSR count). The lowest BCUT2D eigenvalue weighted by Gasteiger charge is -2.31. The van der Waals surface area contributed by atoms with Gasteiger partial charge in [-0.05, 0) is 44.3 Å². The molecule has 3 heteroatoms. The number of rotatable bonds is 5. The highest BCUT2D eigenvalue weighted by Crippen LogP contribution is 2.29. The van der Waals surface area contributed by atoms with Crippen LogP contribution in [0.1, 0.15) is 24.9 Å². The standard InChI is InChI=1S/C13H21ClN2/c1-4-10(9-15)13(16(2)3)11-5-7-12(14)8-6-11/h5-8,10,13H,4,9,15H2,1-3H3. The monoisotopic (exact) mass is 240 g/mol. The molecular weight excluding hydrogens is 220 g/mol. The first-order chi connectivity index (χ1) is 7.60. The Hall–Kier alpha value is -0.570. The number of nitrogens with zero attached hydrogens (tertiary/aromatic N) is 1. The predicted octanol–water partition coefficient (Wildman–Crippen LogP) is 2.93. The summed E-state index contributed by atoms with van der Waals surface area (Å²) in [5, 5.41) is 0.780. The minimum atomic E-state index is 0.368. The van der Waals surface area contributed by atoms with E-state index >= 15 is 0 Å². The number of benzene rings is 1. The lowest BCUT2D eigenvalue weighted by molar-refractivity contribution is 0.211. The van der Waals surface area contributed by atoms with Gasteiger partial charge in [0.05, 0.1) is 0 Å². The smallest absolute Gasteiger partial charge is 0.0406 e. The van der Waals surface area contributed by atoms with Crippen LogP contribution in [0.2, 0.25) is 5.02 Å². The van der Waals surface area contributed by atoms with Gasteiger partial charge >= 0.3 is 0 Å². The summed E-state index contributed by atoms with van der Waals surface area (Å²) in [7, 11) is 4.19. The maximum Gasteiger partial charge on any atom is 0.0406 e. The van der Waals surface area contributed by atoms with E-state index in [0.717, 1.165) is 11.4 Å². The number of hydrogen-bond acceptors (Lipinski definition) is 2. The average molecular weight is 241 g/mol. The minimum Gasteiger partial charge on any atom is -0.330 e. The first kappa shape index (κ1) is 13.5. The van der Waals surface area contributed by atoms with E-state index in [9.17, 15) is 0 Å². The Bertz CT molecular complexity index is 304. The SMILES string of the molecule is CCC(CN)C(c1ccc(Cl)cc1)N(C)C. The fourth-order valence-electron chi connectivity index (χ4n) is 2.17. The van der Waals surface area contributed by atoms with Gasteiger partial charge in [-0.3, -0.25) is 0 Å². The largest absolute Gasteiger partial charge is 0.330 e. The second kappa shape index (κ2) is 6.24. The van der Waals surface area contributed by atoms with Gasteiger partial charge in [0.25, 0.3) is 0 Å². The van der Waals surface area contributed by atoms with Gasteiger partial charge in [-0.15, -0.1) is 0 Å². The molecule has 16 heavy (non-hydrogen) atoms. The molecule has 0 radical (unpaired) electrons. The molecule has 2 N–H and O–H groups in total. The zero-order chi connectivity index (χ0) is 12.1.